The van der Waals surface area contributed by atoms with E-state index < -0.39 is 0 Å². The minimum Gasteiger partial charge on any atom is -0.486 e. The summed E-state index contributed by atoms with van der Waals surface area (Å²) in [7, 11) is 0. The first kappa shape index (κ1) is 9.34. The van der Waals surface area contributed by atoms with E-state index in [2.05, 4.69) is 18.3 Å². The van der Waals surface area contributed by atoms with Crippen LogP contribution in [0.25, 0.3) is 0 Å². The standard InChI is InChI=1S/C11H14NO2/c1-2-12-7-9-8-13-10-5-3-4-6-11(10)14-9/h3,5-6,9,12H,2,7-8H2,1H3. The fourth-order valence-electron chi connectivity index (χ4n) is 1.41. The SMILES string of the molecule is CCNCC1COc2cc[c]cc2O1. The lowest BCUT2D eigenvalue weighted by atomic mass is 10.2. The van der Waals surface area contributed by atoms with E-state index in [1.54, 1.807) is 0 Å². The summed E-state index contributed by atoms with van der Waals surface area (Å²) >= 11 is 0. The summed E-state index contributed by atoms with van der Waals surface area (Å²) in [4.78, 5) is 0. The van der Waals surface area contributed by atoms with Crippen molar-refractivity contribution in [1.29, 1.82) is 0 Å². The van der Waals surface area contributed by atoms with Crippen LogP contribution < -0.4 is 14.8 Å². The van der Waals surface area contributed by atoms with Crippen molar-refractivity contribution < 1.29 is 9.47 Å². The van der Waals surface area contributed by atoms with E-state index in [1.807, 2.05) is 18.2 Å². The monoisotopic (exact) mass is 192 g/mol. The average Bonchev–Trinajstić information content (AvgIpc) is 2.26. The summed E-state index contributed by atoms with van der Waals surface area (Å²) in [5.41, 5.74) is 0. The molecular formula is C11H14NO2. The van der Waals surface area contributed by atoms with Gasteiger partial charge in [-0.25, -0.2) is 0 Å². The van der Waals surface area contributed by atoms with Gasteiger partial charge in [-0.2, -0.15) is 0 Å². The van der Waals surface area contributed by atoms with Crippen LogP contribution in [0.2, 0.25) is 0 Å². The third-order valence-corrected chi connectivity index (χ3v) is 2.13. The van der Waals surface area contributed by atoms with E-state index in [1.165, 1.54) is 0 Å². The molecular weight excluding hydrogens is 178 g/mol. The molecule has 1 aromatic carbocycles. The molecule has 0 saturated heterocycles. The Morgan fingerprint density at radius 1 is 1.57 bits per heavy atom. The second kappa shape index (κ2) is 4.33. The first-order chi connectivity index (χ1) is 6.90. The van der Waals surface area contributed by atoms with Crippen molar-refractivity contribution in [2.45, 2.75) is 13.0 Å². The highest BCUT2D eigenvalue weighted by atomic mass is 16.6. The van der Waals surface area contributed by atoms with Gasteiger partial charge < -0.3 is 14.8 Å². The van der Waals surface area contributed by atoms with Crippen LogP contribution in [0, 0.1) is 6.07 Å². The first-order valence-corrected chi connectivity index (χ1v) is 4.90. The Hall–Kier alpha value is -1.22. The molecule has 0 bridgehead atoms. The van der Waals surface area contributed by atoms with Crippen LogP contribution in [0.1, 0.15) is 6.92 Å². The highest BCUT2D eigenvalue weighted by Gasteiger charge is 2.19. The zero-order valence-corrected chi connectivity index (χ0v) is 8.25. The largest absolute Gasteiger partial charge is 0.486 e. The lowest BCUT2D eigenvalue weighted by molar-refractivity contribution is 0.0908. The molecule has 1 aromatic rings. The van der Waals surface area contributed by atoms with Gasteiger partial charge in [-0.05, 0) is 24.7 Å². The third kappa shape index (κ3) is 1.99. The molecule has 1 aliphatic heterocycles. The maximum atomic E-state index is 5.72. The fourth-order valence-corrected chi connectivity index (χ4v) is 1.41. The molecule has 1 N–H and O–H groups in total. The Morgan fingerprint density at radius 2 is 2.50 bits per heavy atom. The number of rotatable bonds is 3. The lowest BCUT2D eigenvalue weighted by Gasteiger charge is -2.26. The van der Waals surface area contributed by atoms with Crippen molar-refractivity contribution >= 4 is 0 Å². The van der Waals surface area contributed by atoms with Gasteiger partial charge in [0, 0.05) is 6.54 Å². The summed E-state index contributed by atoms with van der Waals surface area (Å²) in [6.07, 6.45) is 0.109. The Balaban J connectivity index is 1.99. The highest BCUT2D eigenvalue weighted by molar-refractivity contribution is 5.40. The molecule has 1 heterocycles. The van der Waals surface area contributed by atoms with Crippen molar-refractivity contribution in [3.05, 3.63) is 24.3 Å². The van der Waals surface area contributed by atoms with Crippen LogP contribution in [0.4, 0.5) is 0 Å². The second-order valence-corrected chi connectivity index (χ2v) is 3.23. The van der Waals surface area contributed by atoms with Crippen molar-refractivity contribution in [2.24, 2.45) is 0 Å². The molecule has 1 atom stereocenters. The molecule has 0 aliphatic carbocycles. The molecule has 1 aliphatic rings. The summed E-state index contributed by atoms with van der Waals surface area (Å²) in [5.74, 6) is 1.61. The van der Waals surface area contributed by atoms with E-state index in [0.29, 0.717) is 6.61 Å². The normalized spacial score (nSPS) is 19.4. The number of ether oxygens (including phenoxy) is 2. The molecule has 0 saturated carbocycles. The maximum absolute atomic E-state index is 5.72. The minimum atomic E-state index is 0.109. The summed E-state index contributed by atoms with van der Waals surface area (Å²) in [6.45, 7) is 4.47. The van der Waals surface area contributed by atoms with Crippen molar-refractivity contribution in [2.75, 3.05) is 19.7 Å². The van der Waals surface area contributed by atoms with Gasteiger partial charge in [-0.15, -0.1) is 0 Å². The van der Waals surface area contributed by atoms with E-state index in [-0.39, 0.29) is 6.10 Å². The van der Waals surface area contributed by atoms with Crippen LogP contribution in [0.3, 0.4) is 0 Å². The van der Waals surface area contributed by atoms with Gasteiger partial charge in [0.05, 0.1) is 0 Å². The molecule has 3 heteroatoms. The van der Waals surface area contributed by atoms with Crippen LogP contribution in [0.15, 0.2) is 18.2 Å². The topological polar surface area (TPSA) is 30.5 Å². The summed E-state index contributed by atoms with van der Waals surface area (Å²) < 4.78 is 11.3. The molecule has 0 amide bonds. The molecule has 1 unspecified atom stereocenters. The van der Waals surface area contributed by atoms with Gasteiger partial charge in [-0.3, -0.25) is 0 Å². The fraction of sp³-hybridized carbons (Fsp3) is 0.455. The Morgan fingerprint density at radius 3 is 3.36 bits per heavy atom. The predicted octanol–water partition coefficient (Wildman–Crippen LogP) is 1.24. The van der Waals surface area contributed by atoms with E-state index in [0.717, 1.165) is 24.6 Å². The second-order valence-electron chi connectivity index (χ2n) is 3.23. The van der Waals surface area contributed by atoms with Gasteiger partial charge in [-0.1, -0.05) is 13.0 Å². The van der Waals surface area contributed by atoms with Crippen LogP contribution >= 0.6 is 0 Å². The van der Waals surface area contributed by atoms with Crippen LogP contribution in [0.5, 0.6) is 11.5 Å². The van der Waals surface area contributed by atoms with E-state index in [9.17, 15) is 0 Å². The smallest absolute Gasteiger partial charge is 0.162 e. The van der Waals surface area contributed by atoms with Crippen LogP contribution in [-0.2, 0) is 0 Å². The summed E-state index contributed by atoms with van der Waals surface area (Å²) in [5, 5.41) is 3.23. The Bertz CT molecular complexity index is 301. The van der Waals surface area contributed by atoms with Gasteiger partial charge in [0.15, 0.2) is 11.5 Å². The molecule has 75 valence electrons. The Labute approximate surface area is 84.0 Å². The van der Waals surface area contributed by atoms with E-state index >= 15 is 0 Å². The van der Waals surface area contributed by atoms with Crippen molar-refractivity contribution in [3.8, 4) is 11.5 Å². The molecule has 14 heavy (non-hydrogen) atoms. The quantitative estimate of drug-likeness (QED) is 0.781. The Kier molecular flexibility index (Phi) is 2.89. The summed E-state index contributed by atoms with van der Waals surface area (Å²) in [6, 6.07) is 8.48. The number of likely N-dealkylation sites (N-methyl/N-ethyl adjacent to an activating group) is 1. The predicted molar refractivity (Wildman–Crippen MR) is 53.7 cm³/mol. The number of fused-ring (bicyclic) bond motifs is 1. The molecule has 0 spiro atoms. The first-order valence-electron chi connectivity index (χ1n) is 4.90. The molecule has 2 rings (SSSR count). The van der Waals surface area contributed by atoms with Crippen molar-refractivity contribution in [3.63, 3.8) is 0 Å². The zero-order valence-electron chi connectivity index (χ0n) is 8.25. The molecule has 0 fully saturated rings. The number of hydrogen-bond acceptors (Lipinski definition) is 3. The van der Waals surface area contributed by atoms with E-state index in [4.69, 9.17) is 9.47 Å². The van der Waals surface area contributed by atoms with Gasteiger partial charge >= 0.3 is 0 Å². The third-order valence-electron chi connectivity index (χ3n) is 2.13. The highest BCUT2D eigenvalue weighted by Crippen LogP contribution is 2.30. The molecule has 0 aromatic heterocycles. The zero-order chi connectivity index (χ0) is 9.80. The number of nitrogens with one attached hydrogen (secondary N) is 1. The minimum absolute atomic E-state index is 0.109. The number of benzene rings is 1. The van der Waals surface area contributed by atoms with Crippen molar-refractivity contribution in [1.82, 2.24) is 5.32 Å². The van der Waals surface area contributed by atoms with Gasteiger partial charge in [0.1, 0.15) is 12.7 Å². The maximum Gasteiger partial charge on any atom is 0.162 e. The molecule has 3 nitrogen and oxygen atoms in total. The van der Waals surface area contributed by atoms with Gasteiger partial charge in [0.25, 0.3) is 0 Å². The van der Waals surface area contributed by atoms with Crippen LogP contribution in [-0.4, -0.2) is 25.8 Å². The molecule has 1 radical (unpaired) electrons. The lowest BCUT2D eigenvalue weighted by Crippen LogP contribution is -2.38. The number of hydrogen-bond donors (Lipinski definition) is 1. The van der Waals surface area contributed by atoms with Gasteiger partial charge in [0.2, 0.25) is 0 Å². The average molecular weight is 192 g/mol.